The van der Waals surface area contributed by atoms with Crippen LogP contribution >= 0.6 is 0 Å². The molecule has 0 bridgehead atoms. The Kier molecular flexibility index (Phi) is 5.02. The van der Waals surface area contributed by atoms with E-state index in [1.807, 2.05) is 49.4 Å². The number of rotatable bonds is 4. The number of ether oxygens (including phenoxy) is 1. The van der Waals surface area contributed by atoms with Crippen LogP contribution in [0.25, 0.3) is 0 Å². The van der Waals surface area contributed by atoms with Gasteiger partial charge in [-0.15, -0.1) is 0 Å². The highest BCUT2D eigenvalue weighted by Crippen LogP contribution is 2.45. The standard InChI is InChI=1S/C23H25NO4/c1-14-10-12-15(13-11-14)24-19(16-8-6-7-9-17(16)28-5)18(20(25)22(24)27)21(26)23(2,3)4/h6-13,19,25H,1-5H3. The van der Waals surface area contributed by atoms with Gasteiger partial charge < -0.3 is 9.84 Å². The van der Waals surface area contributed by atoms with Gasteiger partial charge in [0.15, 0.2) is 11.5 Å². The zero-order valence-electron chi connectivity index (χ0n) is 16.8. The van der Waals surface area contributed by atoms with Gasteiger partial charge in [0.25, 0.3) is 5.91 Å². The first kappa shape index (κ1) is 19.7. The number of carbonyl (C=O) groups is 2. The molecule has 1 heterocycles. The second-order valence-electron chi connectivity index (χ2n) is 8.00. The van der Waals surface area contributed by atoms with E-state index in [9.17, 15) is 14.7 Å². The molecule has 0 radical (unpaired) electrons. The van der Waals surface area contributed by atoms with Crippen molar-refractivity contribution in [1.29, 1.82) is 0 Å². The average Bonchev–Trinajstić information content (AvgIpc) is 2.92. The molecule has 146 valence electrons. The van der Waals surface area contributed by atoms with Crippen molar-refractivity contribution in [2.45, 2.75) is 33.7 Å². The highest BCUT2D eigenvalue weighted by atomic mass is 16.5. The zero-order chi connectivity index (χ0) is 20.6. The molecule has 5 nitrogen and oxygen atoms in total. The van der Waals surface area contributed by atoms with E-state index in [1.165, 1.54) is 4.90 Å². The number of para-hydroxylation sites is 1. The molecule has 1 N–H and O–H groups in total. The predicted octanol–water partition coefficient (Wildman–Crippen LogP) is 4.52. The Hall–Kier alpha value is -3.08. The van der Waals surface area contributed by atoms with Gasteiger partial charge in [-0.05, 0) is 25.1 Å². The molecule has 0 fully saturated rings. The lowest BCUT2D eigenvalue weighted by Gasteiger charge is -2.29. The largest absolute Gasteiger partial charge is 0.503 e. The van der Waals surface area contributed by atoms with Gasteiger partial charge in [0, 0.05) is 16.7 Å². The highest BCUT2D eigenvalue weighted by molar-refractivity contribution is 6.17. The molecule has 0 aromatic heterocycles. The van der Waals surface area contributed by atoms with Gasteiger partial charge in [0.1, 0.15) is 5.75 Å². The van der Waals surface area contributed by atoms with Gasteiger partial charge in [-0.1, -0.05) is 56.7 Å². The summed E-state index contributed by atoms with van der Waals surface area (Å²) < 4.78 is 5.49. The van der Waals surface area contributed by atoms with E-state index in [2.05, 4.69) is 0 Å². The van der Waals surface area contributed by atoms with Crippen molar-refractivity contribution in [3.63, 3.8) is 0 Å². The monoisotopic (exact) mass is 379 g/mol. The lowest BCUT2D eigenvalue weighted by Crippen LogP contribution is -2.33. The molecular weight excluding hydrogens is 354 g/mol. The first-order valence-corrected chi connectivity index (χ1v) is 9.18. The van der Waals surface area contributed by atoms with Gasteiger partial charge >= 0.3 is 0 Å². The quantitative estimate of drug-likeness (QED) is 0.848. The number of hydrogen-bond donors (Lipinski definition) is 1. The molecule has 1 aliphatic rings. The number of ketones is 1. The molecule has 28 heavy (non-hydrogen) atoms. The number of aliphatic hydroxyl groups is 1. The summed E-state index contributed by atoms with van der Waals surface area (Å²) >= 11 is 0. The Balaban J connectivity index is 2.25. The van der Waals surface area contributed by atoms with Crippen molar-refractivity contribution >= 4 is 17.4 Å². The second-order valence-corrected chi connectivity index (χ2v) is 8.00. The topological polar surface area (TPSA) is 66.8 Å². The number of anilines is 1. The number of carbonyl (C=O) groups excluding carboxylic acids is 2. The number of aryl methyl sites for hydroxylation is 1. The van der Waals surface area contributed by atoms with Crippen molar-refractivity contribution < 1.29 is 19.4 Å². The van der Waals surface area contributed by atoms with Gasteiger partial charge in [0.05, 0.1) is 18.7 Å². The third kappa shape index (κ3) is 3.28. The smallest absolute Gasteiger partial charge is 0.294 e. The van der Waals surface area contributed by atoms with Crippen molar-refractivity contribution in [3.8, 4) is 5.75 Å². The Labute approximate surface area is 165 Å². The number of aliphatic hydroxyl groups excluding tert-OH is 1. The molecule has 1 aliphatic heterocycles. The van der Waals surface area contributed by atoms with Gasteiger partial charge in [-0.2, -0.15) is 0 Å². The lowest BCUT2D eigenvalue weighted by molar-refractivity contribution is -0.123. The maximum Gasteiger partial charge on any atom is 0.294 e. The number of benzene rings is 2. The molecule has 0 saturated heterocycles. The van der Waals surface area contributed by atoms with Crippen LogP contribution in [-0.2, 0) is 9.59 Å². The molecule has 5 heteroatoms. The summed E-state index contributed by atoms with van der Waals surface area (Å²) in [5.41, 5.74) is 1.65. The number of hydrogen-bond acceptors (Lipinski definition) is 4. The summed E-state index contributed by atoms with van der Waals surface area (Å²) in [6.07, 6.45) is 0. The lowest BCUT2D eigenvalue weighted by atomic mass is 9.82. The van der Waals surface area contributed by atoms with E-state index in [0.717, 1.165) is 5.56 Å². The average molecular weight is 379 g/mol. The van der Waals surface area contributed by atoms with Crippen LogP contribution in [0.2, 0.25) is 0 Å². The fourth-order valence-corrected chi connectivity index (χ4v) is 3.40. The summed E-state index contributed by atoms with van der Waals surface area (Å²) in [6, 6.07) is 13.9. The van der Waals surface area contributed by atoms with Crippen molar-refractivity contribution in [2.75, 3.05) is 12.0 Å². The van der Waals surface area contributed by atoms with Crippen LogP contribution in [0.5, 0.6) is 5.75 Å². The van der Waals surface area contributed by atoms with E-state index in [4.69, 9.17) is 4.74 Å². The van der Waals surface area contributed by atoms with Gasteiger partial charge in [-0.3, -0.25) is 14.5 Å². The molecule has 0 aliphatic carbocycles. The Morgan fingerprint density at radius 2 is 1.68 bits per heavy atom. The number of amides is 1. The normalized spacial score (nSPS) is 17.2. The maximum atomic E-state index is 13.2. The van der Waals surface area contributed by atoms with Gasteiger partial charge in [0.2, 0.25) is 0 Å². The molecule has 0 saturated carbocycles. The van der Waals surface area contributed by atoms with Crippen molar-refractivity contribution in [3.05, 3.63) is 71.0 Å². The minimum atomic E-state index is -0.766. The van der Waals surface area contributed by atoms with E-state index in [0.29, 0.717) is 17.0 Å². The Bertz CT molecular complexity index is 951. The zero-order valence-corrected chi connectivity index (χ0v) is 16.8. The SMILES string of the molecule is COc1ccccc1C1C(C(=O)C(C)(C)C)=C(O)C(=O)N1c1ccc(C)cc1. The summed E-state index contributed by atoms with van der Waals surface area (Å²) in [5.74, 6) is -0.820. The molecule has 2 aromatic rings. The fraction of sp³-hybridized carbons (Fsp3) is 0.304. The van der Waals surface area contributed by atoms with Crippen LogP contribution in [-0.4, -0.2) is 23.9 Å². The minimum Gasteiger partial charge on any atom is -0.503 e. The van der Waals surface area contributed by atoms with E-state index in [1.54, 1.807) is 33.9 Å². The second kappa shape index (κ2) is 7.15. The third-order valence-electron chi connectivity index (χ3n) is 4.88. The molecule has 1 unspecified atom stereocenters. The third-order valence-corrected chi connectivity index (χ3v) is 4.88. The van der Waals surface area contributed by atoms with Crippen LogP contribution in [0.4, 0.5) is 5.69 Å². The summed E-state index contributed by atoms with van der Waals surface area (Å²) in [7, 11) is 1.54. The molecule has 3 rings (SSSR count). The van der Waals surface area contributed by atoms with Crippen LogP contribution in [0, 0.1) is 12.3 Å². The van der Waals surface area contributed by atoms with E-state index in [-0.39, 0.29) is 11.4 Å². The minimum absolute atomic E-state index is 0.0996. The number of methoxy groups -OCH3 is 1. The van der Waals surface area contributed by atoms with E-state index < -0.39 is 23.1 Å². The molecule has 1 amide bonds. The first-order valence-electron chi connectivity index (χ1n) is 9.18. The molecule has 0 spiro atoms. The Morgan fingerprint density at radius 3 is 2.25 bits per heavy atom. The Morgan fingerprint density at radius 1 is 1.07 bits per heavy atom. The first-order chi connectivity index (χ1) is 13.2. The predicted molar refractivity (Wildman–Crippen MR) is 109 cm³/mol. The van der Waals surface area contributed by atoms with Gasteiger partial charge in [-0.25, -0.2) is 0 Å². The molecule has 2 aromatic carbocycles. The van der Waals surface area contributed by atoms with Crippen LogP contribution < -0.4 is 9.64 Å². The van der Waals surface area contributed by atoms with Crippen LogP contribution in [0.1, 0.15) is 37.9 Å². The number of Topliss-reactive ketones (excluding diaryl/α,β-unsaturated/α-hetero) is 1. The van der Waals surface area contributed by atoms with Crippen LogP contribution in [0.3, 0.4) is 0 Å². The molecule has 1 atom stereocenters. The molecular formula is C23H25NO4. The summed E-state index contributed by atoms with van der Waals surface area (Å²) in [6.45, 7) is 7.27. The summed E-state index contributed by atoms with van der Waals surface area (Å²) in [5, 5.41) is 10.7. The highest BCUT2D eigenvalue weighted by Gasteiger charge is 2.47. The number of nitrogens with zero attached hydrogens (tertiary/aromatic N) is 1. The summed E-state index contributed by atoms with van der Waals surface area (Å²) in [4.78, 5) is 27.7. The van der Waals surface area contributed by atoms with Crippen LogP contribution in [0.15, 0.2) is 59.9 Å². The maximum absolute atomic E-state index is 13.2. The van der Waals surface area contributed by atoms with Crippen molar-refractivity contribution in [2.24, 2.45) is 5.41 Å². The van der Waals surface area contributed by atoms with E-state index >= 15 is 0 Å². The van der Waals surface area contributed by atoms with Crippen molar-refractivity contribution in [1.82, 2.24) is 0 Å². The fourth-order valence-electron chi connectivity index (χ4n) is 3.40.